The average molecular weight is 386 g/mol. The summed E-state index contributed by atoms with van der Waals surface area (Å²) in [4.78, 5) is 11.6. The SMILES string of the molecule is CCCOCCOC(=O)c1ccc(Br)c(S(=O)(=O)Cl)c1. The molecule has 0 saturated carbocycles. The molecule has 5 nitrogen and oxygen atoms in total. The van der Waals surface area contributed by atoms with Gasteiger partial charge in [-0.15, -0.1) is 0 Å². The Labute approximate surface area is 130 Å². The third-order valence-corrected chi connectivity index (χ3v) is 4.55. The van der Waals surface area contributed by atoms with Crippen LogP contribution < -0.4 is 0 Å². The van der Waals surface area contributed by atoms with E-state index in [0.717, 1.165) is 6.42 Å². The standard InChI is InChI=1S/C12H14BrClO5S/c1-2-5-18-6-7-19-12(15)9-3-4-10(13)11(8-9)20(14,16)17/h3-4,8H,2,5-7H2,1H3. The third kappa shape index (κ3) is 5.40. The minimum Gasteiger partial charge on any atom is -0.460 e. The Bertz CT molecular complexity index is 573. The summed E-state index contributed by atoms with van der Waals surface area (Å²) in [6.07, 6.45) is 0.887. The first kappa shape index (κ1) is 17.4. The highest BCUT2D eigenvalue weighted by atomic mass is 79.9. The molecule has 20 heavy (non-hydrogen) atoms. The molecule has 0 aliphatic heterocycles. The second-order valence-electron chi connectivity index (χ2n) is 3.83. The van der Waals surface area contributed by atoms with E-state index >= 15 is 0 Å². The lowest BCUT2D eigenvalue weighted by Gasteiger charge is -2.07. The van der Waals surface area contributed by atoms with Gasteiger partial charge in [-0.05, 0) is 40.5 Å². The Morgan fingerprint density at radius 2 is 2.00 bits per heavy atom. The van der Waals surface area contributed by atoms with Crippen LogP contribution in [0.4, 0.5) is 0 Å². The molecule has 1 rings (SSSR count). The van der Waals surface area contributed by atoms with Crippen LogP contribution >= 0.6 is 26.6 Å². The van der Waals surface area contributed by atoms with Crippen LogP contribution in [0.25, 0.3) is 0 Å². The number of hydrogen-bond donors (Lipinski definition) is 0. The fourth-order valence-electron chi connectivity index (χ4n) is 1.34. The molecule has 0 fully saturated rings. The van der Waals surface area contributed by atoms with Crippen LogP contribution in [0.2, 0.25) is 0 Å². The fourth-order valence-corrected chi connectivity index (χ4v) is 3.46. The molecule has 0 aliphatic carbocycles. The van der Waals surface area contributed by atoms with E-state index in [9.17, 15) is 13.2 Å². The van der Waals surface area contributed by atoms with E-state index in [1.54, 1.807) is 0 Å². The molecular formula is C12H14BrClO5S. The summed E-state index contributed by atoms with van der Waals surface area (Å²) in [5.74, 6) is -0.626. The lowest BCUT2D eigenvalue weighted by atomic mass is 10.2. The van der Waals surface area contributed by atoms with Crippen molar-refractivity contribution in [2.45, 2.75) is 18.2 Å². The molecular weight excluding hydrogens is 372 g/mol. The predicted molar refractivity (Wildman–Crippen MR) is 78.6 cm³/mol. The normalized spacial score (nSPS) is 11.3. The fraction of sp³-hybridized carbons (Fsp3) is 0.417. The van der Waals surface area contributed by atoms with Crippen LogP contribution in [0.5, 0.6) is 0 Å². The molecule has 0 aromatic heterocycles. The number of esters is 1. The highest BCUT2D eigenvalue weighted by Crippen LogP contribution is 2.26. The Kier molecular flexibility index (Phi) is 6.94. The maximum atomic E-state index is 11.7. The Morgan fingerprint density at radius 1 is 1.30 bits per heavy atom. The minimum absolute atomic E-state index is 0.109. The van der Waals surface area contributed by atoms with Gasteiger partial charge >= 0.3 is 5.97 Å². The van der Waals surface area contributed by atoms with Gasteiger partial charge in [0.2, 0.25) is 0 Å². The van der Waals surface area contributed by atoms with Crippen molar-refractivity contribution in [3.8, 4) is 0 Å². The van der Waals surface area contributed by atoms with Crippen molar-refractivity contribution in [2.24, 2.45) is 0 Å². The van der Waals surface area contributed by atoms with Crippen molar-refractivity contribution in [1.82, 2.24) is 0 Å². The Hall–Kier alpha value is -0.630. The molecule has 0 N–H and O–H groups in total. The van der Waals surface area contributed by atoms with Gasteiger partial charge in [0, 0.05) is 21.8 Å². The minimum atomic E-state index is -3.93. The van der Waals surface area contributed by atoms with Gasteiger partial charge in [-0.1, -0.05) is 6.92 Å². The lowest BCUT2D eigenvalue weighted by Crippen LogP contribution is -2.11. The third-order valence-electron chi connectivity index (χ3n) is 2.24. The summed E-state index contributed by atoms with van der Waals surface area (Å²) >= 11 is 3.06. The number of benzene rings is 1. The summed E-state index contributed by atoms with van der Waals surface area (Å²) in [6, 6.07) is 4.05. The Morgan fingerprint density at radius 3 is 2.60 bits per heavy atom. The number of ether oxygens (including phenoxy) is 2. The summed E-state index contributed by atoms with van der Waals surface area (Å²) in [5.41, 5.74) is 0.114. The molecule has 0 bridgehead atoms. The van der Waals surface area contributed by atoms with Gasteiger partial charge in [-0.2, -0.15) is 0 Å². The maximum absolute atomic E-state index is 11.7. The van der Waals surface area contributed by atoms with Crippen molar-refractivity contribution < 1.29 is 22.7 Å². The smallest absolute Gasteiger partial charge is 0.338 e. The lowest BCUT2D eigenvalue weighted by molar-refractivity contribution is 0.0318. The van der Waals surface area contributed by atoms with Crippen molar-refractivity contribution in [3.05, 3.63) is 28.2 Å². The first-order chi connectivity index (χ1) is 9.36. The van der Waals surface area contributed by atoms with Gasteiger partial charge in [0.05, 0.1) is 17.1 Å². The van der Waals surface area contributed by atoms with Crippen LogP contribution in [0.1, 0.15) is 23.7 Å². The summed E-state index contributed by atoms with van der Waals surface area (Å²) in [5, 5.41) is 0. The zero-order valence-corrected chi connectivity index (χ0v) is 13.9. The molecule has 0 unspecified atom stereocenters. The summed E-state index contributed by atoms with van der Waals surface area (Å²) < 4.78 is 33.1. The molecule has 1 aromatic rings. The number of rotatable bonds is 7. The topological polar surface area (TPSA) is 69.7 Å². The van der Waals surface area contributed by atoms with Crippen LogP contribution in [0, 0.1) is 0 Å². The van der Waals surface area contributed by atoms with E-state index in [1.807, 2.05) is 6.92 Å². The molecule has 0 aliphatic rings. The molecule has 112 valence electrons. The van der Waals surface area contributed by atoms with E-state index in [1.165, 1.54) is 18.2 Å². The molecule has 0 radical (unpaired) electrons. The van der Waals surface area contributed by atoms with Crippen molar-refractivity contribution >= 4 is 41.6 Å². The predicted octanol–water partition coefficient (Wildman–Crippen LogP) is 2.96. The molecule has 0 atom stereocenters. The van der Waals surface area contributed by atoms with Crippen molar-refractivity contribution in [1.29, 1.82) is 0 Å². The highest BCUT2D eigenvalue weighted by Gasteiger charge is 2.18. The Balaban J connectivity index is 2.70. The van der Waals surface area contributed by atoms with Crippen LogP contribution in [-0.2, 0) is 18.5 Å². The van der Waals surface area contributed by atoms with Crippen molar-refractivity contribution in [3.63, 3.8) is 0 Å². The molecule has 0 spiro atoms. The first-order valence-corrected chi connectivity index (χ1v) is 8.95. The molecule has 8 heteroatoms. The maximum Gasteiger partial charge on any atom is 0.338 e. The summed E-state index contributed by atoms with van der Waals surface area (Å²) in [6.45, 7) is 2.99. The van der Waals surface area contributed by atoms with Gasteiger partial charge in [-0.3, -0.25) is 0 Å². The van der Waals surface area contributed by atoms with Crippen LogP contribution in [-0.4, -0.2) is 34.2 Å². The van der Waals surface area contributed by atoms with E-state index in [4.69, 9.17) is 20.2 Å². The number of halogens is 2. The van der Waals surface area contributed by atoms with Gasteiger partial charge in [-0.25, -0.2) is 13.2 Å². The second-order valence-corrected chi connectivity index (χ2v) is 7.22. The largest absolute Gasteiger partial charge is 0.460 e. The quantitative estimate of drug-likeness (QED) is 0.410. The number of hydrogen-bond acceptors (Lipinski definition) is 5. The highest BCUT2D eigenvalue weighted by molar-refractivity contribution is 9.10. The van der Waals surface area contributed by atoms with E-state index < -0.39 is 15.0 Å². The number of carbonyl (C=O) groups is 1. The van der Waals surface area contributed by atoms with Gasteiger partial charge < -0.3 is 9.47 Å². The van der Waals surface area contributed by atoms with Gasteiger partial charge in [0.1, 0.15) is 6.61 Å². The van der Waals surface area contributed by atoms with Gasteiger partial charge in [0.15, 0.2) is 0 Å². The van der Waals surface area contributed by atoms with E-state index in [2.05, 4.69) is 15.9 Å². The van der Waals surface area contributed by atoms with Crippen LogP contribution in [0.3, 0.4) is 0 Å². The van der Waals surface area contributed by atoms with Gasteiger partial charge in [0.25, 0.3) is 9.05 Å². The van der Waals surface area contributed by atoms with E-state index in [-0.39, 0.29) is 21.5 Å². The molecule has 0 heterocycles. The zero-order chi connectivity index (χ0) is 15.2. The molecule has 0 amide bonds. The van der Waals surface area contributed by atoms with E-state index in [0.29, 0.717) is 13.2 Å². The first-order valence-electron chi connectivity index (χ1n) is 5.85. The second kappa shape index (κ2) is 7.97. The monoisotopic (exact) mass is 384 g/mol. The van der Waals surface area contributed by atoms with Crippen molar-refractivity contribution in [2.75, 3.05) is 19.8 Å². The molecule has 0 saturated heterocycles. The molecule has 1 aromatic carbocycles. The van der Waals surface area contributed by atoms with Crippen LogP contribution in [0.15, 0.2) is 27.6 Å². The number of carbonyl (C=O) groups excluding carboxylic acids is 1. The summed E-state index contributed by atoms with van der Waals surface area (Å²) in [7, 11) is 1.34. The average Bonchev–Trinajstić information content (AvgIpc) is 2.37. The zero-order valence-electron chi connectivity index (χ0n) is 10.8.